The molecule has 3 N–H and O–H groups in total. The zero-order valence-corrected chi connectivity index (χ0v) is 13.0. The van der Waals surface area contributed by atoms with Gasteiger partial charge in [0.1, 0.15) is 5.75 Å². The van der Waals surface area contributed by atoms with Gasteiger partial charge in [-0.15, -0.1) is 0 Å². The molecule has 0 atom stereocenters. The van der Waals surface area contributed by atoms with Gasteiger partial charge in [-0.05, 0) is 29.1 Å². The molecule has 6 heteroatoms. The first-order valence-electron chi connectivity index (χ1n) is 7.44. The fraction of sp³-hybridized carbons (Fsp3) is 0. The number of fused-ring (bicyclic) bond motifs is 1. The normalized spacial score (nSPS) is 10.9. The third kappa shape index (κ3) is 3.48. The van der Waals surface area contributed by atoms with E-state index in [4.69, 9.17) is 5.11 Å². The molecule has 0 aliphatic carbocycles. The molecule has 3 rings (SSSR count). The van der Waals surface area contributed by atoms with Gasteiger partial charge in [0, 0.05) is 5.39 Å². The molecule has 0 fully saturated rings. The fourth-order valence-corrected chi connectivity index (χ4v) is 2.38. The van der Waals surface area contributed by atoms with E-state index in [2.05, 4.69) is 10.5 Å². The highest BCUT2D eigenvalue weighted by atomic mass is 16.4. The van der Waals surface area contributed by atoms with Crippen LogP contribution in [0.2, 0.25) is 0 Å². The standard InChI is InChI=1S/C19H14N2O4/c22-17-15-4-2-1-3-13(15)9-10-16(17)18(23)21-20-11-12-5-7-14(8-6-12)19(24)25/h1-11,22H,(H,21,23)(H,24,25)/b20-11-. The Morgan fingerprint density at radius 2 is 1.68 bits per heavy atom. The maximum atomic E-state index is 12.2. The van der Waals surface area contributed by atoms with Crippen LogP contribution in [0.15, 0.2) is 65.8 Å². The summed E-state index contributed by atoms with van der Waals surface area (Å²) in [4.78, 5) is 23.0. The van der Waals surface area contributed by atoms with Gasteiger partial charge in [-0.3, -0.25) is 4.79 Å². The maximum absolute atomic E-state index is 12.2. The van der Waals surface area contributed by atoms with E-state index in [-0.39, 0.29) is 16.9 Å². The number of aromatic hydroxyl groups is 1. The van der Waals surface area contributed by atoms with Gasteiger partial charge in [0.05, 0.1) is 17.3 Å². The summed E-state index contributed by atoms with van der Waals surface area (Å²) >= 11 is 0. The third-order valence-electron chi connectivity index (χ3n) is 3.68. The molecule has 3 aromatic rings. The minimum atomic E-state index is -1.01. The molecule has 0 saturated heterocycles. The number of carboxylic acid groups (broad SMARTS) is 1. The second-order valence-corrected chi connectivity index (χ2v) is 5.31. The molecule has 25 heavy (non-hydrogen) atoms. The number of nitrogens with zero attached hydrogens (tertiary/aromatic N) is 1. The van der Waals surface area contributed by atoms with Crippen LogP contribution in [0.4, 0.5) is 0 Å². The Bertz CT molecular complexity index is 978. The molecule has 0 spiro atoms. The van der Waals surface area contributed by atoms with Crippen molar-refractivity contribution >= 4 is 28.9 Å². The summed E-state index contributed by atoms with van der Waals surface area (Å²) in [6, 6.07) is 16.5. The molecule has 0 heterocycles. The van der Waals surface area contributed by atoms with Crippen LogP contribution in [0.1, 0.15) is 26.3 Å². The Kier molecular flexibility index (Phi) is 4.43. The van der Waals surface area contributed by atoms with E-state index in [1.807, 2.05) is 12.1 Å². The number of rotatable bonds is 4. The van der Waals surface area contributed by atoms with Gasteiger partial charge >= 0.3 is 5.97 Å². The van der Waals surface area contributed by atoms with E-state index in [0.29, 0.717) is 10.9 Å². The molecule has 0 aliphatic rings. The minimum absolute atomic E-state index is 0.100. The monoisotopic (exact) mass is 334 g/mol. The largest absolute Gasteiger partial charge is 0.506 e. The highest BCUT2D eigenvalue weighted by molar-refractivity contribution is 6.03. The molecule has 0 bridgehead atoms. The lowest BCUT2D eigenvalue weighted by molar-refractivity contribution is 0.0696. The number of carbonyl (C=O) groups is 2. The van der Waals surface area contributed by atoms with E-state index in [1.165, 1.54) is 24.4 Å². The molecule has 6 nitrogen and oxygen atoms in total. The van der Waals surface area contributed by atoms with Crippen molar-refractivity contribution in [1.29, 1.82) is 0 Å². The SMILES string of the molecule is O=C(O)c1ccc(/C=N\NC(=O)c2ccc3ccccc3c2O)cc1. The van der Waals surface area contributed by atoms with E-state index < -0.39 is 11.9 Å². The third-order valence-corrected chi connectivity index (χ3v) is 3.68. The van der Waals surface area contributed by atoms with Gasteiger partial charge in [0.25, 0.3) is 5.91 Å². The highest BCUT2D eigenvalue weighted by Gasteiger charge is 2.12. The second-order valence-electron chi connectivity index (χ2n) is 5.31. The molecule has 3 aromatic carbocycles. The number of benzene rings is 3. The predicted molar refractivity (Wildman–Crippen MR) is 94.1 cm³/mol. The van der Waals surface area contributed by atoms with Crippen molar-refractivity contribution < 1.29 is 19.8 Å². The minimum Gasteiger partial charge on any atom is -0.506 e. The number of carbonyl (C=O) groups excluding carboxylic acids is 1. The lowest BCUT2D eigenvalue weighted by Crippen LogP contribution is -2.17. The molecule has 0 saturated carbocycles. The van der Waals surface area contributed by atoms with Crippen LogP contribution in [0.5, 0.6) is 5.75 Å². The quantitative estimate of drug-likeness (QED) is 0.504. The molecule has 0 aliphatic heterocycles. The lowest BCUT2D eigenvalue weighted by Gasteiger charge is -2.06. The molecule has 124 valence electrons. The summed E-state index contributed by atoms with van der Waals surface area (Å²) in [7, 11) is 0. The summed E-state index contributed by atoms with van der Waals surface area (Å²) in [5.74, 6) is -1.65. The van der Waals surface area contributed by atoms with Gasteiger partial charge in [-0.25, -0.2) is 10.2 Å². The van der Waals surface area contributed by atoms with Crippen LogP contribution < -0.4 is 5.43 Å². The molecule has 0 radical (unpaired) electrons. The summed E-state index contributed by atoms with van der Waals surface area (Å²) in [5.41, 5.74) is 3.27. The topological polar surface area (TPSA) is 99.0 Å². The Labute approximate surface area is 143 Å². The fourth-order valence-electron chi connectivity index (χ4n) is 2.38. The number of amides is 1. The number of carboxylic acids is 1. The van der Waals surface area contributed by atoms with E-state index in [9.17, 15) is 14.7 Å². The van der Waals surface area contributed by atoms with Crippen molar-refractivity contribution in [3.05, 3.63) is 77.4 Å². The first kappa shape index (κ1) is 16.2. The van der Waals surface area contributed by atoms with Crippen LogP contribution in [0.3, 0.4) is 0 Å². The lowest BCUT2D eigenvalue weighted by atomic mass is 10.1. The first-order valence-corrected chi connectivity index (χ1v) is 7.44. The van der Waals surface area contributed by atoms with Gasteiger partial charge in [0.2, 0.25) is 0 Å². The summed E-state index contributed by atoms with van der Waals surface area (Å²) < 4.78 is 0. The van der Waals surface area contributed by atoms with Crippen molar-refractivity contribution in [3.8, 4) is 5.75 Å². The van der Waals surface area contributed by atoms with E-state index >= 15 is 0 Å². The number of aromatic carboxylic acids is 1. The van der Waals surface area contributed by atoms with Gasteiger partial charge in [-0.1, -0.05) is 42.5 Å². The Hall–Kier alpha value is -3.67. The number of phenols is 1. The Balaban J connectivity index is 1.74. The smallest absolute Gasteiger partial charge is 0.335 e. The molecule has 0 unspecified atom stereocenters. The zero-order valence-electron chi connectivity index (χ0n) is 13.0. The van der Waals surface area contributed by atoms with Crippen molar-refractivity contribution in [2.75, 3.05) is 0 Å². The number of hydrogen-bond donors (Lipinski definition) is 3. The van der Waals surface area contributed by atoms with Crippen molar-refractivity contribution in [1.82, 2.24) is 5.43 Å². The zero-order chi connectivity index (χ0) is 17.8. The average molecular weight is 334 g/mol. The van der Waals surface area contributed by atoms with Gasteiger partial charge in [0.15, 0.2) is 0 Å². The van der Waals surface area contributed by atoms with Crippen molar-refractivity contribution in [2.24, 2.45) is 5.10 Å². The number of hydrazone groups is 1. The summed E-state index contributed by atoms with van der Waals surface area (Å²) in [5, 5.41) is 24.3. The van der Waals surface area contributed by atoms with Crippen LogP contribution >= 0.6 is 0 Å². The van der Waals surface area contributed by atoms with Crippen molar-refractivity contribution in [2.45, 2.75) is 0 Å². The summed E-state index contributed by atoms with van der Waals surface area (Å²) in [6.07, 6.45) is 1.39. The van der Waals surface area contributed by atoms with E-state index in [1.54, 1.807) is 30.3 Å². The summed E-state index contributed by atoms with van der Waals surface area (Å²) in [6.45, 7) is 0. The van der Waals surface area contributed by atoms with Gasteiger partial charge < -0.3 is 10.2 Å². The molecule has 1 amide bonds. The van der Waals surface area contributed by atoms with Gasteiger partial charge in [-0.2, -0.15) is 5.10 Å². The van der Waals surface area contributed by atoms with Crippen LogP contribution in [-0.4, -0.2) is 28.3 Å². The highest BCUT2D eigenvalue weighted by Crippen LogP contribution is 2.28. The first-order chi connectivity index (χ1) is 12.1. The number of phenolic OH excluding ortho intramolecular Hbond substituents is 1. The van der Waals surface area contributed by atoms with Crippen LogP contribution in [0, 0.1) is 0 Å². The number of nitrogens with one attached hydrogen (secondary N) is 1. The van der Waals surface area contributed by atoms with Crippen LogP contribution in [-0.2, 0) is 0 Å². The molecule has 0 aromatic heterocycles. The van der Waals surface area contributed by atoms with E-state index in [0.717, 1.165) is 5.39 Å². The molecular formula is C19H14N2O4. The number of hydrogen-bond acceptors (Lipinski definition) is 4. The maximum Gasteiger partial charge on any atom is 0.335 e. The Morgan fingerprint density at radius 1 is 0.960 bits per heavy atom. The Morgan fingerprint density at radius 3 is 2.40 bits per heavy atom. The van der Waals surface area contributed by atoms with Crippen molar-refractivity contribution in [3.63, 3.8) is 0 Å². The average Bonchev–Trinajstić information content (AvgIpc) is 2.62. The second kappa shape index (κ2) is 6.84. The predicted octanol–water partition coefficient (Wildman–Crippen LogP) is 3.01. The molecular weight excluding hydrogens is 320 g/mol. The van der Waals surface area contributed by atoms with Crippen LogP contribution in [0.25, 0.3) is 10.8 Å².